The molecule has 1 saturated heterocycles. The summed E-state index contributed by atoms with van der Waals surface area (Å²) in [6.45, 7) is 9.17. The highest BCUT2D eigenvalue weighted by Gasteiger charge is 2.13. The zero-order valence-electron chi connectivity index (χ0n) is 28.4. The zero-order valence-corrected chi connectivity index (χ0v) is 29.2. The maximum atomic E-state index is 13.4. The molecule has 1 aromatic heterocycles. The second kappa shape index (κ2) is 18.1. The second-order valence-corrected chi connectivity index (χ2v) is 13.1. The summed E-state index contributed by atoms with van der Waals surface area (Å²) in [5, 5.41) is 15.2. The van der Waals surface area contributed by atoms with Crippen molar-refractivity contribution < 1.29 is 28.4 Å². The molecule has 6 rings (SSSR count). The van der Waals surface area contributed by atoms with E-state index in [1.54, 1.807) is 12.1 Å². The lowest BCUT2D eigenvalue weighted by atomic mass is 9.96. The monoisotopic (exact) mass is 697 g/mol. The SMILES string of the molecule is Cc1c(COc2ccc(CNCCO)c(OCc3nc(-c4ccc(F)cc4)cs3)c2)cccc1-c1cccc(OCCCN2CCOCC2)c1. The molecule has 10 heteroatoms. The average molecular weight is 698 g/mol. The van der Waals surface area contributed by atoms with Crippen LogP contribution in [0.1, 0.15) is 28.1 Å². The summed E-state index contributed by atoms with van der Waals surface area (Å²) < 4.78 is 37.6. The van der Waals surface area contributed by atoms with Crippen LogP contribution in [-0.2, 0) is 24.5 Å². The van der Waals surface area contributed by atoms with Crippen LogP contribution in [0.5, 0.6) is 17.2 Å². The normalized spacial score (nSPS) is 13.3. The average Bonchev–Trinajstić information content (AvgIpc) is 3.63. The Hall–Kier alpha value is -4.32. The molecule has 262 valence electrons. The van der Waals surface area contributed by atoms with E-state index in [-0.39, 0.29) is 19.0 Å². The first-order valence-electron chi connectivity index (χ1n) is 17.1. The largest absolute Gasteiger partial charge is 0.494 e. The van der Waals surface area contributed by atoms with E-state index in [1.807, 2.05) is 35.7 Å². The molecular weight excluding hydrogens is 654 g/mol. The number of hydrogen-bond donors (Lipinski definition) is 2. The topological polar surface area (TPSA) is 85.3 Å². The standard InChI is InChI=1S/C40H44FN3O5S/c1-29-33(6-3-8-37(29)31-5-2-7-35(23-31)47-20-4-16-44-17-21-46-22-18-44)26-48-36-14-11-32(25-42-15-19-45)39(24-36)49-27-40-43-38(28-50-40)30-9-12-34(41)13-10-30/h2-3,5-14,23-24,28,42,45H,4,15-22,25-27H2,1H3. The number of halogens is 1. The van der Waals surface area contributed by atoms with E-state index in [9.17, 15) is 9.50 Å². The van der Waals surface area contributed by atoms with Crippen molar-refractivity contribution in [2.24, 2.45) is 0 Å². The summed E-state index contributed by atoms with van der Waals surface area (Å²) >= 11 is 1.50. The number of rotatable bonds is 17. The quantitative estimate of drug-likeness (QED) is 0.0983. The Labute approximate surface area is 297 Å². The number of nitrogens with zero attached hydrogens (tertiary/aromatic N) is 2. The fourth-order valence-electron chi connectivity index (χ4n) is 5.85. The maximum Gasteiger partial charge on any atom is 0.140 e. The Balaban J connectivity index is 1.09. The lowest BCUT2D eigenvalue weighted by Crippen LogP contribution is -2.37. The molecule has 0 spiro atoms. The van der Waals surface area contributed by atoms with Crippen molar-refractivity contribution in [3.05, 3.63) is 118 Å². The molecule has 1 aliphatic rings. The predicted octanol–water partition coefficient (Wildman–Crippen LogP) is 7.27. The minimum Gasteiger partial charge on any atom is -0.494 e. The molecule has 1 fully saturated rings. The third-order valence-corrected chi connectivity index (χ3v) is 9.48. The van der Waals surface area contributed by atoms with Gasteiger partial charge in [-0.2, -0.15) is 0 Å². The molecule has 0 aliphatic carbocycles. The number of aliphatic hydroxyl groups excluding tert-OH is 1. The van der Waals surface area contributed by atoms with Gasteiger partial charge in [-0.15, -0.1) is 11.3 Å². The Kier molecular flexibility index (Phi) is 12.8. The van der Waals surface area contributed by atoms with Crippen LogP contribution >= 0.6 is 11.3 Å². The number of hydrogen-bond acceptors (Lipinski definition) is 9. The summed E-state index contributed by atoms with van der Waals surface area (Å²) in [4.78, 5) is 7.12. The Morgan fingerprint density at radius 1 is 0.880 bits per heavy atom. The maximum absolute atomic E-state index is 13.4. The van der Waals surface area contributed by atoms with Gasteiger partial charge in [0.05, 0.1) is 32.1 Å². The van der Waals surface area contributed by atoms with Crippen LogP contribution in [0.4, 0.5) is 4.39 Å². The molecule has 0 unspecified atom stereocenters. The van der Waals surface area contributed by atoms with Crippen molar-refractivity contribution in [2.45, 2.75) is 33.1 Å². The van der Waals surface area contributed by atoms with Gasteiger partial charge in [0.2, 0.25) is 0 Å². The summed E-state index contributed by atoms with van der Waals surface area (Å²) in [7, 11) is 0. The van der Waals surface area contributed by atoms with Gasteiger partial charge in [0.1, 0.15) is 41.3 Å². The number of morpholine rings is 1. The van der Waals surface area contributed by atoms with Crippen molar-refractivity contribution >= 4 is 11.3 Å². The Bertz CT molecular complexity index is 1810. The molecule has 2 heterocycles. The minimum absolute atomic E-state index is 0.0494. The first-order chi connectivity index (χ1) is 24.6. The van der Waals surface area contributed by atoms with Gasteiger partial charge in [-0.05, 0) is 78.1 Å². The lowest BCUT2D eigenvalue weighted by Gasteiger charge is -2.26. The third-order valence-electron chi connectivity index (χ3n) is 8.66. The van der Waals surface area contributed by atoms with Gasteiger partial charge >= 0.3 is 0 Å². The lowest BCUT2D eigenvalue weighted by molar-refractivity contribution is 0.0358. The van der Waals surface area contributed by atoms with Crippen LogP contribution < -0.4 is 19.5 Å². The number of benzene rings is 4. The van der Waals surface area contributed by atoms with Gasteiger partial charge in [-0.25, -0.2) is 9.37 Å². The molecule has 4 aromatic carbocycles. The molecule has 5 aromatic rings. The highest BCUT2D eigenvalue weighted by molar-refractivity contribution is 7.09. The van der Waals surface area contributed by atoms with E-state index in [0.717, 1.165) is 89.1 Å². The molecule has 50 heavy (non-hydrogen) atoms. The van der Waals surface area contributed by atoms with Crippen LogP contribution in [0, 0.1) is 12.7 Å². The highest BCUT2D eigenvalue weighted by Crippen LogP contribution is 2.31. The van der Waals surface area contributed by atoms with Gasteiger partial charge in [0.25, 0.3) is 0 Å². The summed E-state index contributed by atoms with van der Waals surface area (Å²) in [6, 6.07) is 26.7. The molecule has 0 amide bonds. The molecule has 0 bridgehead atoms. The molecule has 0 saturated carbocycles. The number of thiazole rings is 1. The van der Waals surface area contributed by atoms with Crippen molar-refractivity contribution in [1.29, 1.82) is 0 Å². The van der Waals surface area contributed by atoms with Gasteiger partial charge in [-0.1, -0.05) is 36.4 Å². The molecule has 2 N–H and O–H groups in total. The number of nitrogens with one attached hydrogen (secondary N) is 1. The van der Waals surface area contributed by atoms with Crippen LogP contribution in [0.3, 0.4) is 0 Å². The smallest absolute Gasteiger partial charge is 0.140 e. The van der Waals surface area contributed by atoms with Gasteiger partial charge < -0.3 is 29.4 Å². The van der Waals surface area contributed by atoms with Crippen molar-refractivity contribution in [1.82, 2.24) is 15.2 Å². The molecule has 0 atom stereocenters. The Morgan fingerprint density at radius 3 is 2.54 bits per heavy atom. The van der Waals surface area contributed by atoms with Gasteiger partial charge in [-0.3, -0.25) is 4.90 Å². The molecule has 1 aliphatic heterocycles. The Morgan fingerprint density at radius 2 is 1.70 bits per heavy atom. The highest BCUT2D eigenvalue weighted by atomic mass is 32.1. The number of aromatic nitrogens is 1. The van der Waals surface area contributed by atoms with Crippen LogP contribution in [0.15, 0.2) is 90.3 Å². The van der Waals surface area contributed by atoms with Gasteiger partial charge in [0, 0.05) is 55.3 Å². The molecule has 0 radical (unpaired) electrons. The van der Waals surface area contributed by atoms with Gasteiger partial charge in [0.15, 0.2) is 0 Å². The summed E-state index contributed by atoms with van der Waals surface area (Å²) in [5.74, 6) is 1.96. The summed E-state index contributed by atoms with van der Waals surface area (Å²) in [5.41, 5.74) is 7.08. The number of ether oxygens (including phenoxy) is 4. The van der Waals surface area contributed by atoms with Crippen LogP contribution in [0.2, 0.25) is 0 Å². The first-order valence-corrected chi connectivity index (χ1v) is 18.0. The van der Waals surface area contributed by atoms with E-state index in [1.165, 1.54) is 23.5 Å². The van der Waals surface area contributed by atoms with Crippen LogP contribution in [0.25, 0.3) is 22.4 Å². The third kappa shape index (κ3) is 9.89. The van der Waals surface area contributed by atoms with Crippen molar-refractivity contribution in [2.75, 3.05) is 52.6 Å². The van der Waals surface area contributed by atoms with E-state index in [2.05, 4.69) is 47.5 Å². The fraction of sp³-hybridized carbons (Fsp3) is 0.325. The minimum atomic E-state index is -0.276. The van der Waals surface area contributed by atoms with E-state index in [4.69, 9.17) is 23.9 Å². The first kappa shape index (κ1) is 35.5. The van der Waals surface area contributed by atoms with Crippen molar-refractivity contribution in [3.8, 4) is 39.6 Å². The summed E-state index contributed by atoms with van der Waals surface area (Å²) in [6.07, 6.45) is 0.979. The van der Waals surface area contributed by atoms with Crippen LogP contribution in [-0.4, -0.2) is 67.6 Å². The predicted molar refractivity (Wildman–Crippen MR) is 195 cm³/mol. The van der Waals surface area contributed by atoms with E-state index >= 15 is 0 Å². The second-order valence-electron chi connectivity index (χ2n) is 12.2. The number of aliphatic hydroxyl groups is 1. The zero-order chi connectivity index (χ0) is 34.5. The van der Waals surface area contributed by atoms with E-state index < -0.39 is 0 Å². The van der Waals surface area contributed by atoms with Crippen molar-refractivity contribution in [3.63, 3.8) is 0 Å². The molecular formula is C40H44FN3O5S. The van der Waals surface area contributed by atoms with E-state index in [0.29, 0.717) is 37.8 Å². The molecule has 8 nitrogen and oxygen atoms in total. The fourth-order valence-corrected chi connectivity index (χ4v) is 6.56.